The molecule has 0 spiro atoms. The Morgan fingerprint density at radius 3 is 2.24 bits per heavy atom. The molecule has 0 saturated heterocycles. The van der Waals surface area contributed by atoms with Gasteiger partial charge in [0.15, 0.2) is 0 Å². The summed E-state index contributed by atoms with van der Waals surface area (Å²) in [5, 5.41) is 19.8. The van der Waals surface area contributed by atoms with Crippen molar-refractivity contribution in [2.45, 2.75) is 12.7 Å². The van der Waals surface area contributed by atoms with Gasteiger partial charge in [-0.25, -0.2) is 4.79 Å². The number of ether oxygens (including phenoxy) is 1. The van der Waals surface area contributed by atoms with Crippen molar-refractivity contribution < 1.29 is 37.7 Å². The van der Waals surface area contributed by atoms with E-state index in [4.69, 9.17) is 27.9 Å². The molecule has 0 amide bonds. The topological polar surface area (TPSA) is 111 Å². The van der Waals surface area contributed by atoms with Crippen LogP contribution in [0.3, 0.4) is 0 Å². The Bertz CT molecular complexity index is 1940. The first-order valence-corrected chi connectivity index (χ1v) is 17.7. The fourth-order valence-corrected chi connectivity index (χ4v) is 8.21. The largest absolute Gasteiger partial charge is 0.478 e. The minimum atomic E-state index is -4.64. The molecule has 46 heavy (non-hydrogen) atoms. The molecule has 1 aromatic heterocycles. The summed E-state index contributed by atoms with van der Waals surface area (Å²) in [6.45, 7) is 0.226. The van der Waals surface area contributed by atoms with Gasteiger partial charge in [0.25, 0.3) is 0 Å². The molecular weight excluding hydrogens is 818 g/mol. The molecule has 0 bridgehead atoms. The third-order valence-corrected chi connectivity index (χ3v) is 10.6. The van der Waals surface area contributed by atoms with Gasteiger partial charge in [0.05, 0.1) is 28.3 Å². The van der Waals surface area contributed by atoms with Crippen molar-refractivity contribution in [1.29, 1.82) is 0 Å². The molecular formula is C29H18Br2Cl2F2N3O6PS. The number of carboxylic acids is 1. The van der Waals surface area contributed by atoms with Crippen LogP contribution in [-0.2, 0) is 26.7 Å². The zero-order valence-electron chi connectivity index (χ0n) is 22.9. The quantitative estimate of drug-likeness (QED) is 0.123. The Balaban J connectivity index is 1.46. The maximum atomic E-state index is 12.7. The third kappa shape index (κ3) is 8.12. The average Bonchev–Trinajstić information content (AvgIpc) is 3.53. The van der Waals surface area contributed by atoms with Crippen LogP contribution in [0.15, 0.2) is 87.8 Å². The van der Waals surface area contributed by atoms with E-state index >= 15 is 0 Å². The van der Waals surface area contributed by atoms with E-state index in [0.29, 0.717) is 57.4 Å². The van der Waals surface area contributed by atoms with Gasteiger partial charge in [-0.2, -0.15) is 0 Å². The van der Waals surface area contributed by atoms with E-state index in [-0.39, 0.29) is 17.7 Å². The first kappa shape index (κ1) is 34.4. The number of anilines is 2. The molecule has 17 heteroatoms. The lowest BCUT2D eigenvalue weighted by Crippen LogP contribution is -2.16. The number of halogens is 6. The molecule has 1 N–H and O–H groups in total. The molecule has 0 unspecified atom stereocenters. The second kappa shape index (κ2) is 14.9. The first-order chi connectivity index (χ1) is 22.0. The Hall–Kier alpha value is -2.94. The van der Waals surface area contributed by atoms with Gasteiger partial charge in [-0.1, -0.05) is 84.6 Å². The van der Waals surface area contributed by atoms with Crippen LogP contribution in [0.25, 0.3) is 10.6 Å². The average molecular weight is 836 g/mol. The number of aromatic nitrogens is 2. The maximum Gasteiger partial charge on any atom is 0.399 e. The summed E-state index contributed by atoms with van der Waals surface area (Å²) in [6, 6.07) is 21.7. The fraction of sp³-hybridized carbons (Fsp3) is 0.0690. The standard InChI is InChI=1S/C29H18Br2Cl2F2N3O6PS/c30-23-9-16(10-24(31)22(23)15-45(41,43-34)44-35)14-38(19-7-8-25(32)26(33)13-19)29-37-36-27(46-29)17-3-1-5-20(11-17)42-21-6-2-4-18(12-21)28(39)40/h1-13H,14-15H2,(H,39,40). The zero-order chi connectivity index (χ0) is 33.0. The summed E-state index contributed by atoms with van der Waals surface area (Å²) in [5.41, 5.74) is 2.42. The Kier molecular flexibility index (Phi) is 11.1. The van der Waals surface area contributed by atoms with Gasteiger partial charge >= 0.3 is 13.6 Å². The van der Waals surface area contributed by atoms with E-state index < -0.39 is 19.7 Å². The van der Waals surface area contributed by atoms with Crippen molar-refractivity contribution in [3.05, 3.63) is 115 Å². The molecule has 0 aliphatic rings. The SMILES string of the molecule is O=C(O)c1cccc(Oc2cccc(-c3nnc(N(Cc4cc(Br)c(CP(=O)(OF)OF)c(Br)c4)c4ccc(Cl)c(Cl)c4)s3)c2)c1. The number of rotatable bonds is 12. The highest BCUT2D eigenvalue weighted by molar-refractivity contribution is 9.11. The number of benzene rings is 4. The first-order valence-electron chi connectivity index (χ1n) is 12.8. The van der Waals surface area contributed by atoms with Crippen LogP contribution in [0.5, 0.6) is 11.5 Å². The molecule has 0 fully saturated rings. The van der Waals surface area contributed by atoms with Gasteiger partial charge < -0.3 is 14.7 Å². The molecule has 9 nitrogen and oxygen atoms in total. The number of hydrogen-bond acceptors (Lipinski definition) is 9. The minimum Gasteiger partial charge on any atom is -0.478 e. The summed E-state index contributed by atoms with van der Waals surface area (Å²) < 4.78 is 50.8. The van der Waals surface area contributed by atoms with Crippen molar-refractivity contribution in [3.8, 4) is 22.1 Å². The lowest BCUT2D eigenvalue weighted by atomic mass is 10.1. The Morgan fingerprint density at radius 2 is 1.59 bits per heavy atom. The second-order valence-electron chi connectivity index (χ2n) is 9.48. The minimum absolute atomic E-state index is 0.0982. The molecule has 5 aromatic rings. The van der Waals surface area contributed by atoms with E-state index in [1.54, 1.807) is 60.7 Å². The highest BCUT2D eigenvalue weighted by Gasteiger charge is 2.30. The monoisotopic (exact) mass is 833 g/mol. The number of carboxylic acid groups (broad SMARTS) is 1. The molecule has 0 atom stereocenters. The van der Waals surface area contributed by atoms with Gasteiger partial charge in [-0.05, 0) is 80.8 Å². The number of nitrogens with zero attached hydrogens (tertiary/aromatic N) is 3. The normalized spacial score (nSPS) is 11.4. The highest BCUT2D eigenvalue weighted by atomic mass is 79.9. The Morgan fingerprint density at radius 1 is 0.913 bits per heavy atom. The van der Waals surface area contributed by atoms with Crippen LogP contribution in [0.1, 0.15) is 21.5 Å². The van der Waals surface area contributed by atoms with Crippen LogP contribution >= 0.6 is 74.0 Å². The van der Waals surface area contributed by atoms with E-state index in [1.807, 2.05) is 11.0 Å². The lowest BCUT2D eigenvalue weighted by molar-refractivity contribution is -0.0881. The molecule has 1 heterocycles. The van der Waals surface area contributed by atoms with Crippen molar-refractivity contribution in [2.24, 2.45) is 0 Å². The lowest BCUT2D eigenvalue weighted by Gasteiger charge is -2.23. The van der Waals surface area contributed by atoms with E-state index in [9.17, 15) is 23.5 Å². The van der Waals surface area contributed by atoms with Crippen LogP contribution in [0.2, 0.25) is 10.0 Å². The molecule has 238 valence electrons. The zero-order valence-corrected chi connectivity index (χ0v) is 29.3. The number of carbonyl (C=O) groups is 1. The second-order valence-corrected chi connectivity index (χ2v) is 14.8. The van der Waals surface area contributed by atoms with Crippen molar-refractivity contribution in [1.82, 2.24) is 10.2 Å². The van der Waals surface area contributed by atoms with Crippen molar-refractivity contribution in [2.75, 3.05) is 4.90 Å². The summed E-state index contributed by atoms with van der Waals surface area (Å²) >= 11 is 20.6. The van der Waals surface area contributed by atoms with Crippen molar-refractivity contribution >= 4 is 90.8 Å². The van der Waals surface area contributed by atoms with Crippen molar-refractivity contribution in [3.63, 3.8) is 0 Å². The van der Waals surface area contributed by atoms with Gasteiger partial charge in [0.2, 0.25) is 5.13 Å². The third-order valence-electron chi connectivity index (χ3n) is 6.36. The smallest absolute Gasteiger partial charge is 0.399 e. The summed E-state index contributed by atoms with van der Waals surface area (Å²) in [4.78, 5) is 13.2. The van der Waals surface area contributed by atoms with E-state index in [2.05, 4.69) is 51.5 Å². The molecule has 5 rings (SSSR count). The van der Waals surface area contributed by atoms with Gasteiger partial charge in [0, 0.05) is 20.2 Å². The van der Waals surface area contributed by atoms with Gasteiger partial charge in [-0.15, -0.1) is 19.7 Å². The molecule has 0 radical (unpaired) electrons. The molecule has 0 aliphatic carbocycles. The van der Waals surface area contributed by atoms with Crippen LogP contribution < -0.4 is 9.64 Å². The molecule has 4 aromatic carbocycles. The molecule has 0 saturated carbocycles. The molecule has 0 aliphatic heterocycles. The summed E-state index contributed by atoms with van der Waals surface area (Å²) in [6.07, 6.45) is -0.675. The van der Waals surface area contributed by atoms with Crippen LogP contribution in [0, 0.1) is 0 Å². The predicted molar refractivity (Wildman–Crippen MR) is 179 cm³/mol. The number of aromatic carboxylic acids is 1. The van der Waals surface area contributed by atoms with E-state index in [0.717, 1.165) is 0 Å². The van der Waals surface area contributed by atoms with Gasteiger partial charge in [0.1, 0.15) is 16.5 Å². The van der Waals surface area contributed by atoms with Crippen LogP contribution in [-0.4, -0.2) is 21.3 Å². The fourth-order valence-electron chi connectivity index (χ4n) is 4.22. The van der Waals surface area contributed by atoms with E-state index in [1.165, 1.54) is 23.5 Å². The van der Waals surface area contributed by atoms with Gasteiger partial charge in [-0.3, -0.25) is 4.57 Å². The maximum absolute atomic E-state index is 12.7. The summed E-state index contributed by atoms with van der Waals surface area (Å²) in [7, 11) is -4.64. The highest BCUT2D eigenvalue weighted by Crippen LogP contribution is 2.54. The van der Waals surface area contributed by atoms with Crippen LogP contribution in [0.4, 0.5) is 19.9 Å². The predicted octanol–water partition coefficient (Wildman–Crippen LogP) is 11.4. The Labute approximate surface area is 291 Å². The summed E-state index contributed by atoms with van der Waals surface area (Å²) in [5.74, 6) is -0.235. The number of hydrogen-bond donors (Lipinski definition) is 1.